The first-order chi connectivity index (χ1) is 15.6. The molecular weight excluding hydrogens is 404 g/mol. The standard InChI is InChI=1S/C30H38N2O/c1-19(2)13-21-15-22(14-20(3)4)29-26(16-21)25-10-9-24(33-8)18-27(25)32(29)28-17-23(11-12-31-28)30(5,6)7/h9-12,15-20H,13-14H2,1-8H3. The first kappa shape index (κ1) is 23.4. The predicted molar refractivity (Wildman–Crippen MR) is 141 cm³/mol. The number of methoxy groups -OCH3 is 1. The molecule has 0 saturated carbocycles. The highest BCUT2D eigenvalue weighted by Crippen LogP contribution is 2.38. The molecule has 0 radical (unpaired) electrons. The molecule has 0 bridgehead atoms. The fourth-order valence-electron chi connectivity index (χ4n) is 4.83. The zero-order valence-corrected chi connectivity index (χ0v) is 21.5. The van der Waals surface area contributed by atoms with Crippen LogP contribution in [0.2, 0.25) is 0 Å². The van der Waals surface area contributed by atoms with E-state index >= 15 is 0 Å². The highest BCUT2D eigenvalue weighted by atomic mass is 16.5. The summed E-state index contributed by atoms with van der Waals surface area (Å²) in [6.07, 6.45) is 4.07. The van der Waals surface area contributed by atoms with Crippen molar-refractivity contribution in [3.8, 4) is 11.6 Å². The first-order valence-electron chi connectivity index (χ1n) is 12.2. The van der Waals surface area contributed by atoms with E-state index in [1.807, 2.05) is 6.20 Å². The molecule has 174 valence electrons. The SMILES string of the molecule is COc1ccc2c3cc(CC(C)C)cc(CC(C)C)c3n(-c3cc(C(C)(C)C)ccn3)c2c1. The Morgan fingerprint density at radius 2 is 1.61 bits per heavy atom. The molecule has 0 aliphatic heterocycles. The second-order valence-corrected chi connectivity index (χ2v) is 11.2. The van der Waals surface area contributed by atoms with Crippen molar-refractivity contribution in [3.05, 3.63) is 65.4 Å². The van der Waals surface area contributed by atoms with Crippen LogP contribution in [0, 0.1) is 11.8 Å². The van der Waals surface area contributed by atoms with Gasteiger partial charge in [-0.15, -0.1) is 0 Å². The lowest BCUT2D eigenvalue weighted by Crippen LogP contribution is -2.12. The second kappa shape index (κ2) is 8.85. The largest absolute Gasteiger partial charge is 0.497 e. The Morgan fingerprint density at radius 1 is 0.879 bits per heavy atom. The van der Waals surface area contributed by atoms with Crippen molar-refractivity contribution in [2.24, 2.45) is 11.8 Å². The van der Waals surface area contributed by atoms with Crippen molar-refractivity contribution in [3.63, 3.8) is 0 Å². The van der Waals surface area contributed by atoms with Gasteiger partial charge in [0.1, 0.15) is 11.6 Å². The molecule has 2 heterocycles. The minimum absolute atomic E-state index is 0.0549. The van der Waals surface area contributed by atoms with Crippen LogP contribution in [-0.2, 0) is 18.3 Å². The normalized spacial score (nSPS) is 12.4. The van der Waals surface area contributed by atoms with Gasteiger partial charge >= 0.3 is 0 Å². The van der Waals surface area contributed by atoms with Gasteiger partial charge in [-0.05, 0) is 77.1 Å². The topological polar surface area (TPSA) is 27.1 Å². The molecule has 0 amide bonds. The van der Waals surface area contributed by atoms with Gasteiger partial charge in [0.2, 0.25) is 0 Å². The van der Waals surface area contributed by atoms with Gasteiger partial charge in [-0.1, -0.05) is 54.5 Å². The Kier molecular flexibility index (Phi) is 6.26. The van der Waals surface area contributed by atoms with Crippen molar-refractivity contribution in [1.82, 2.24) is 9.55 Å². The molecule has 4 rings (SSSR count). The molecular formula is C30H38N2O. The number of hydrogen-bond acceptors (Lipinski definition) is 2. The number of rotatable bonds is 6. The lowest BCUT2D eigenvalue weighted by molar-refractivity contribution is 0.415. The summed E-state index contributed by atoms with van der Waals surface area (Å²) in [6.45, 7) is 16.0. The summed E-state index contributed by atoms with van der Waals surface area (Å²) in [7, 11) is 1.73. The van der Waals surface area contributed by atoms with Gasteiger partial charge < -0.3 is 4.74 Å². The highest BCUT2D eigenvalue weighted by molar-refractivity contribution is 6.10. The predicted octanol–water partition coefficient (Wildman–Crippen LogP) is 7.88. The Hall–Kier alpha value is -2.81. The lowest BCUT2D eigenvalue weighted by atomic mass is 9.88. The fourth-order valence-corrected chi connectivity index (χ4v) is 4.83. The first-order valence-corrected chi connectivity index (χ1v) is 12.2. The van der Waals surface area contributed by atoms with Gasteiger partial charge in [-0.2, -0.15) is 0 Å². The maximum atomic E-state index is 5.62. The van der Waals surface area contributed by atoms with Gasteiger partial charge in [-0.25, -0.2) is 4.98 Å². The summed E-state index contributed by atoms with van der Waals surface area (Å²) < 4.78 is 7.98. The van der Waals surface area contributed by atoms with Crippen LogP contribution >= 0.6 is 0 Å². The summed E-state index contributed by atoms with van der Waals surface area (Å²) in [6, 6.07) is 15.7. The number of fused-ring (bicyclic) bond motifs is 3. The summed E-state index contributed by atoms with van der Waals surface area (Å²) in [5.41, 5.74) is 6.58. The molecule has 0 unspecified atom stereocenters. The maximum absolute atomic E-state index is 5.62. The lowest BCUT2D eigenvalue weighted by Gasteiger charge is -2.20. The average molecular weight is 443 g/mol. The van der Waals surface area contributed by atoms with Crippen LogP contribution in [0.4, 0.5) is 0 Å². The summed E-state index contributed by atoms with van der Waals surface area (Å²) in [5.74, 6) is 3.02. The molecule has 0 fully saturated rings. The summed E-state index contributed by atoms with van der Waals surface area (Å²) in [4.78, 5) is 4.86. The molecule has 0 aliphatic rings. The van der Waals surface area contributed by atoms with Crippen molar-refractivity contribution < 1.29 is 4.74 Å². The monoisotopic (exact) mass is 442 g/mol. The van der Waals surface area contributed by atoms with Crippen molar-refractivity contribution in [1.29, 1.82) is 0 Å². The molecule has 2 aromatic heterocycles. The van der Waals surface area contributed by atoms with E-state index in [1.54, 1.807) is 7.11 Å². The number of pyridine rings is 1. The Labute approximate surface area is 198 Å². The third kappa shape index (κ3) is 4.64. The Bertz CT molecular complexity index is 1290. The number of benzene rings is 2. The Morgan fingerprint density at radius 3 is 2.24 bits per heavy atom. The van der Waals surface area contributed by atoms with Crippen molar-refractivity contribution in [2.45, 2.75) is 66.7 Å². The van der Waals surface area contributed by atoms with E-state index in [1.165, 1.54) is 33.0 Å². The van der Waals surface area contributed by atoms with Gasteiger partial charge in [0.05, 0.1) is 18.1 Å². The van der Waals surface area contributed by atoms with Crippen LogP contribution in [0.5, 0.6) is 5.75 Å². The van der Waals surface area contributed by atoms with Crippen LogP contribution in [0.15, 0.2) is 48.7 Å². The van der Waals surface area contributed by atoms with Gasteiger partial charge in [0, 0.05) is 23.0 Å². The molecule has 0 aliphatic carbocycles. The van der Waals surface area contributed by atoms with Crippen LogP contribution in [0.25, 0.3) is 27.6 Å². The number of nitrogens with zero attached hydrogens (tertiary/aromatic N) is 2. The van der Waals surface area contributed by atoms with E-state index < -0.39 is 0 Å². The zero-order valence-electron chi connectivity index (χ0n) is 21.5. The molecule has 0 atom stereocenters. The van der Waals surface area contributed by atoms with Gasteiger partial charge in [-0.3, -0.25) is 4.57 Å². The minimum Gasteiger partial charge on any atom is -0.497 e. The van der Waals surface area contributed by atoms with E-state index in [0.717, 1.165) is 29.9 Å². The van der Waals surface area contributed by atoms with Gasteiger partial charge in [0.25, 0.3) is 0 Å². The van der Waals surface area contributed by atoms with E-state index in [4.69, 9.17) is 9.72 Å². The second-order valence-electron chi connectivity index (χ2n) is 11.2. The fraction of sp³-hybridized carbons (Fsp3) is 0.433. The Balaban J connectivity index is 2.13. The van der Waals surface area contributed by atoms with Crippen LogP contribution in [0.1, 0.15) is 65.2 Å². The molecule has 0 N–H and O–H groups in total. The number of hydrogen-bond donors (Lipinski definition) is 0. The quantitative estimate of drug-likeness (QED) is 0.304. The summed E-state index contributed by atoms with van der Waals surface area (Å²) in [5, 5.41) is 2.56. The van der Waals surface area contributed by atoms with E-state index in [9.17, 15) is 0 Å². The van der Waals surface area contributed by atoms with Crippen molar-refractivity contribution in [2.75, 3.05) is 7.11 Å². The molecule has 2 aromatic carbocycles. The molecule has 0 saturated heterocycles. The number of ether oxygens (including phenoxy) is 1. The molecule has 3 heteroatoms. The van der Waals surface area contributed by atoms with E-state index in [0.29, 0.717) is 11.8 Å². The zero-order chi connectivity index (χ0) is 23.9. The smallest absolute Gasteiger partial charge is 0.137 e. The third-order valence-electron chi connectivity index (χ3n) is 6.32. The van der Waals surface area contributed by atoms with Crippen LogP contribution in [0.3, 0.4) is 0 Å². The molecule has 33 heavy (non-hydrogen) atoms. The van der Waals surface area contributed by atoms with Gasteiger partial charge in [0.15, 0.2) is 0 Å². The highest BCUT2D eigenvalue weighted by Gasteiger charge is 2.21. The molecule has 0 spiro atoms. The third-order valence-corrected chi connectivity index (χ3v) is 6.32. The molecule has 4 aromatic rings. The number of aromatic nitrogens is 2. The van der Waals surface area contributed by atoms with E-state index in [-0.39, 0.29) is 5.41 Å². The van der Waals surface area contributed by atoms with Crippen LogP contribution in [-0.4, -0.2) is 16.7 Å². The average Bonchev–Trinajstić information content (AvgIpc) is 3.06. The van der Waals surface area contributed by atoms with Crippen molar-refractivity contribution >= 4 is 21.8 Å². The molecule has 3 nitrogen and oxygen atoms in total. The summed E-state index contributed by atoms with van der Waals surface area (Å²) >= 11 is 0. The van der Waals surface area contributed by atoms with E-state index in [2.05, 4.69) is 95.5 Å². The minimum atomic E-state index is 0.0549. The van der Waals surface area contributed by atoms with Crippen LogP contribution < -0.4 is 4.74 Å². The maximum Gasteiger partial charge on any atom is 0.137 e.